The number of amides is 1. The largest absolute Gasteiger partial charge is 0.481 e. The van der Waals surface area contributed by atoms with Gasteiger partial charge in [-0.15, -0.1) is 0 Å². The fourth-order valence-corrected chi connectivity index (χ4v) is 2.00. The molecule has 3 N–H and O–H groups in total. The molecule has 2 rings (SSSR count). The summed E-state index contributed by atoms with van der Waals surface area (Å²) in [6.45, 7) is 2.70. The van der Waals surface area contributed by atoms with Crippen LogP contribution in [0.5, 0.6) is 0 Å². The molecule has 0 radical (unpaired) electrons. The van der Waals surface area contributed by atoms with Crippen LogP contribution in [-0.4, -0.2) is 35.0 Å². The maximum absolute atomic E-state index is 12.0. The van der Waals surface area contributed by atoms with Gasteiger partial charge < -0.3 is 15.7 Å². The van der Waals surface area contributed by atoms with E-state index >= 15 is 0 Å². The first-order valence-electron chi connectivity index (χ1n) is 5.86. The van der Waals surface area contributed by atoms with Crippen molar-refractivity contribution >= 4 is 17.6 Å². The molecule has 1 saturated heterocycles. The van der Waals surface area contributed by atoms with Gasteiger partial charge in [-0.3, -0.25) is 9.59 Å². The van der Waals surface area contributed by atoms with Gasteiger partial charge in [0.15, 0.2) is 0 Å². The summed E-state index contributed by atoms with van der Waals surface area (Å²) < 4.78 is 0. The lowest BCUT2D eigenvalue weighted by molar-refractivity contribution is -0.144. The van der Waals surface area contributed by atoms with Gasteiger partial charge in [0.05, 0.1) is 5.92 Å². The summed E-state index contributed by atoms with van der Waals surface area (Å²) >= 11 is 0. The highest BCUT2D eigenvalue weighted by Crippen LogP contribution is 2.25. The fourth-order valence-electron chi connectivity index (χ4n) is 2.00. The van der Waals surface area contributed by atoms with Crippen molar-refractivity contribution in [3.8, 4) is 0 Å². The predicted octanol–water partition coefficient (Wildman–Crippen LogP) is 1.06. The molecule has 1 aromatic rings. The molecule has 0 saturated carbocycles. The molecule has 0 spiro atoms. The van der Waals surface area contributed by atoms with Gasteiger partial charge in [0.1, 0.15) is 0 Å². The number of carbonyl (C=O) groups is 2. The van der Waals surface area contributed by atoms with Crippen molar-refractivity contribution in [3.05, 3.63) is 29.8 Å². The van der Waals surface area contributed by atoms with Crippen molar-refractivity contribution in [1.29, 1.82) is 0 Å². The number of hydrogen-bond acceptors (Lipinski definition) is 3. The highest BCUT2D eigenvalue weighted by molar-refractivity contribution is 5.95. The summed E-state index contributed by atoms with van der Waals surface area (Å²) in [7, 11) is 0. The molecule has 96 valence electrons. The molecule has 18 heavy (non-hydrogen) atoms. The summed E-state index contributed by atoms with van der Waals surface area (Å²) in [5, 5.41) is 8.87. The first kappa shape index (κ1) is 12.4. The molecule has 0 aliphatic carbocycles. The van der Waals surface area contributed by atoms with Crippen LogP contribution < -0.4 is 5.73 Å². The van der Waals surface area contributed by atoms with Crippen molar-refractivity contribution in [2.24, 2.45) is 11.8 Å². The molecule has 0 aromatic heterocycles. The van der Waals surface area contributed by atoms with Crippen molar-refractivity contribution in [3.63, 3.8) is 0 Å². The summed E-state index contributed by atoms with van der Waals surface area (Å²) in [5.74, 6) is -1.22. The van der Waals surface area contributed by atoms with E-state index in [4.69, 9.17) is 10.8 Å². The zero-order valence-corrected chi connectivity index (χ0v) is 10.2. The van der Waals surface area contributed by atoms with Crippen LogP contribution in [0.25, 0.3) is 0 Å². The van der Waals surface area contributed by atoms with E-state index in [9.17, 15) is 9.59 Å². The summed E-state index contributed by atoms with van der Waals surface area (Å²) in [5.41, 5.74) is 6.76. The van der Waals surface area contributed by atoms with Gasteiger partial charge in [0.2, 0.25) is 0 Å². The van der Waals surface area contributed by atoms with Crippen molar-refractivity contribution in [2.75, 3.05) is 18.8 Å². The van der Waals surface area contributed by atoms with Gasteiger partial charge >= 0.3 is 5.97 Å². The Morgan fingerprint density at radius 1 is 1.33 bits per heavy atom. The Morgan fingerprint density at radius 3 is 2.39 bits per heavy atom. The molecule has 1 aromatic carbocycles. The topological polar surface area (TPSA) is 83.6 Å². The van der Waals surface area contributed by atoms with Crippen LogP contribution in [0.15, 0.2) is 24.3 Å². The predicted molar refractivity (Wildman–Crippen MR) is 67.0 cm³/mol. The molecular weight excluding hydrogens is 232 g/mol. The van der Waals surface area contributed by atoms with E-state index < -0.39 is 11.9 Å². The standard InChI is InChI=1S/C13H16N2O3/c1-8(13(17)18)10-6-15(7-10)12(16)9-2-4-11(14)5-3-9/h2-5,8,10H,6-7,14H2,1H3,(H,17,18). The highest BCUT2D eigenvalue weighted by Gasteiger charge is 2.37. The van der Waals surface area contributed by atoms with Crippen LogP contribution in [0.4, 0.5) is 5.69 Å². The van der Waals surface area contributed by atoms with E-state index in [0.717, 1.165) is 0 Å². The first-order chi connectivity index (χ1) is 8.49. The Bertz CT molecular complexity index is 464. The van der Waals surface area contributed by atoms with Crippen molar-refractivity contribution in [1.82, 2.24) is 4.90 Å². The Balaban J connectivity index is 1.94. The van der Waals surface area contributed by atoms with E-state index in [1.165, 1.54) is 0 Å². The van der Waals surface area contributed by atoms with Gasteiger partial charge in [-0.1, -0.05) is 6.92 Å². The van der Waals surface area contributed by atoms with E-state index in [-0.39, 0.29) is 11.8 Å². The minimum absolute atomic E-state index is 0.0558. The second-order valence-corrected chi connectivity index (χ2v) is 4.72. The number of nitrogens with zero attached hydrogens (tertiary/aromatic N) is 1. The van der Waals surface area contributed by atoms with Gasteiger partial charge in [-0.25, -0.2) is 0 Å². The average molecular weight is 248 g/mol. The number of rotatable bonds is 3. The number of nitrogens with two attached hydrogens (primary N) is 1. The van der Waals surface area contributed by atoms with Crippen LogP contribution >= 0.6 is 0 Å². The lowest BCUT2D eigenvalue weighted by atomic mass is 9.86. The summed E-state index contributed by atoms with van der Waals surface area (Å²) in [4.78, 5) is 24.5. The van der Waals surface area contributed by atoms with Crippen LogP contribution in [0, 0.1) is 11.8 Å². The first-order valence-corrected chi connectivity index (χ1v) is 5.86. The second kappa shape index (κ2) is 4.68. The number of hydrogen-bond donors (Lipinski definition) is 2. The van der Waals surface area contributed by atoms with E-state index in [1.807, 2.05) is 0 Å². The molecule has 1 atom stereocenters. The Hall–Kier alpha value is -2.04. The number of nitrogen functional groups attached to an aromatic ring is 1. The number of carbonyl (C=O) groups excluding carboxylic acids is 1. The minimum atomic E-state index is -0.806. The van der Waals surface area contributed by atoms with E-state index in [0.29, 0.717) is 24.3 Å². The third-order valence-corrected chi connectivity index (χ3v) is 3.45. The summed E-state index contributed by atoms with van der Waals surface area (Å²) in [6, 6.07) is 6.74. The van der Waals surface area contributed by atoms with Crippen molar-refractivity contribution in [2.45, 2.75) is 6.92 Å². The third kappa shape index (κ3) is 2.30. The molecule has 1 fully saturated rings. The lowest BCUT2D eigenvalue weighted by Crippen LogP contribution is -2.53. The lowest BCUT2D eigenvalue weighted by Gasteiger charge is -2.41. The molecule has 1 amide bonds. The van der Waals surface area contributed by atoms with E-state index in [2.05, 4.69) is 0 Å². The van der Waals surface area contributed by atoms with Gasteiger partial charge in [-0.2, -0.15) is 0 Å². The second-order valence-electron chi connectivity index (χ2n) is 4.72. The highest BCUT2D eigenvalue weighted by atomic mass is 16.4. The van der Waals surface area contributed by atoms with Gasteiger partial charge in [0, 0.05) is 30.3 Å². The number of aliphatic carboxylic acids is 1. The maximum atomic E-state index is 12.0. The van der Waals surface area contributed by atoms with Crippen LogP contribution in [0.3, 0.4) is 0 Å². The maximum Gasteiger partial charge on any atom is 0.306 e. The zero-order valence-electron chi connectivity index (χ0n) is 10.2. The van der Waals surface area contributed by atoms with E-state index in [1.54, 1.807) is 36.1 Å². The number of likely N-dealkylation sites (tertiary alicyclic amines) is 1. The normalized spacial score (nSPS) is 17.1. The van der Waals surface area contributed by atoms with Gasteiger partial charge in [-0.05, 0) is 24.3 Å². The summed E-state index contributed by atoms with van der Waals surface area (Å²) in [6.07, 6.45) is 0. The molecule has 5 heteroatoms. The molecule has 1 aliphatic rings. The Kier molecular flexibility index (Phi) is 3.23. The molecule has 1 heterocycles. The zero-order chi connectivity index (χ0) is 13.3. The minimum Gasteiger partial charge on any atom is -0.481 e. The quantitative estimate of drug-likeness (QED) is 0.783. The van der Waals surface area contributed by atoms with Crippen LogP contribution in [0.2, 0.25) is 0 Å². The molecule has 0 bridgehead atoms. The smallest absolute Gasteiger partial charge is 0.306 e. The fraction of sp³-hybridized carbons (Fsp3) is 0.385. The molecular formula is C13H16N2O3. The van der Waals surface area contributed by atoms with Gasteiger partial charge in [0.25, 0.3) is 5.91 Å². The van der Waals surface area contributed by atoms with Crippen molar-refractivity contribution < 1.29 is 14.7 Å². The third-order valence-electron chi connectivity index (χ3n) is 3.45. The Morgan fingerprint density at radius 2 is 1.89 bits per heavy atom. The number of anilines is 1. The SMILES string of the molecule is CC(C(=O)O)C1CN(C(=O)c2ccc(N)cc2)C1. The molecule has 1 unspecified atom stereocenters. The number of benzene rings is 1. The van der Waals surface area contributed by atoms with Crippen LogP contribution in [-0.2, 0) is 4.79 Å². The average Bonchev–Trinajstić information content (AvgIpc) is 2.27. The molecule has 1 aliphatic heterocycles. The Labute approximate surface area is 105 Å². The molecule has 5 nitrogen and oxygen atoms in total. The number of carboxylic acids is 1. The van der Waals surface area contributed by atoms with Crippen LogP contribution in [0.1, 0.15) is 17.3 Å². The number of carboxylic acid groups (broad SMARTS) is 1. The monoisotopic (exact) mass is 248 g/mol.